The number of nitrogens with zero attached hydrogens (tertiary/aromatic N) is 1. The minimum absolute atomic E-state index is 0.893. The van der Waals surface area contributed by atoms with Crippen LogP contribution < -0.4 is 0 Å². The molecule has 3 aliphatic rings. The van der Waals surface area contributed by atoms with E-state index in [0.717, 1.165) is 30.0 Å². The average Bonchev–Trinajstić information content (AvgIpc) is 2.61. The Labute approximate surface area is 75.1 Å². The van der Waals surface area contributed by atoms with Crippen LogP contribution in [0.3, 0.4) is 0 Å². The molecule has 3 rings (SSSR count). The van der Waals surface area contributed by atoms with Crippen LogP contribution in [0.5, 0.6) is 0 Å². The van der Waals surface area contributed by atoms with Crippen molar-refractivity contribution in [1.29, 1.82) is 0 Å². The van der Waals surface area contributed by atoms with E-state index >= 15 is 0 Å². The molecule has 12 heavy (non-hydrogen) atoms. The lowest BCUT2D eigenvalue weighted by Crippen LogP contribution is -2.39. The van der Waals surface area contributed by atoms with Gasteiger partial charge < -0.3 is 0 Å². The van der Waals surface area contributed by atoms with Gasteiger partial charge in [0, 0.05) is 18.1 Å². The third-order valence-electron chi connectivity index (χ3n) is 4.68. The van der Waals surface area contributed by atoms with Gasteiger partial charge in [-0.1, -0.05) is 6.42 Å². The Morgan fingerprint density at radius 3 is 2.75 bits per heavy atom. The molecule has 0 N–H and O–H groups in total. The zero-order chi connectivity index (χ0) is 8.29. The maximum atomic E-state index is 2.82. The Balaban J connectivity index is 1.94. The molecule has 1 nitrogen and oxygen atoms in total. The topological polar surface area (TPSA) is 3.24 Å². The van der Waals surface area contributed by atoms with Gasteiger partial charge in [-0.3, -0.25) is 4.90 Å². The van der Waals surface area contributed by atoms with Crippen molar-refractivity contribution in [2.75, 3.05) is 0 Å². The van der Waals surface area contributed by atoms with Gasteiger partial charge in [-0.25, -0.2) is 0 Å². The summed E-state index contributed by atoms with van der Waals surface area (Å²) in [7, 11) is 0. The molecule has 1 saturated carbocycles. The molecule has 0 spiro atoms. The molecule has 68 valence electrons. The third-order valence-corrected chi connectivity index (χ3v) is 4.68. The molecule has 0 aromatic heterocycles. The van der Waals surface area contributed by atoms with E-state index in [1.54, 1.807) is 0 Å². The van der Waals surface area contributed by atoms with E-state index in [0.29, 0.717) is 0 Å². The summed E-state index contributed by atoms with van der Waals surface area (Å²) in [6.07, 6.45) is 6.02. The summed E-state index contributed by atoms with van der Waals surface area (Å²) < 4.78 is 0. The van der Waals surface area contributed by atoms with E-state index in [1.165, 1.54) is 25.7 Å². The second-order valence-corrected chi connectivity index (χ2v) is 5.10. The zero-order valence-corrected chi connectivity index (χ0v) is 8.16. The van der Waals surface area contributed by atoms with Crippen LogP contribution in [-0.2, 0) is 0 Å². The lowest BCUT2D eigenvalue weighted by atomic mass is 9.84. The van der Waals surface area contributed by atoms with Crippen molar-refractivity contribution in [3.63, 3.8) is 0 Å². The van der Waals surface area contributed by atoms with Crippen LogP contribution in [0.4, 0.5) is 0 Å². The van der Waals surface area contributed by atoms with Gasteiger partial charge in [0.25, 0.3) is 0 Å². The molecular weight excluding hydrogens is 146 g/mol. The van der Waals surface area contributed by atoms with E-state index in [9.17, 15) is 0 Å². The Bertz CT molecular complexity index is 199. The van der Waals surface area contributed by atoms with Crippen molar-refractivity contribution in [1.82, 2.24) is 4.90 Å². The van der Waals surface area contributed by atoms with Crippen molar-refractivity contribution in [3.8, 4) is 0 Å². The second-order valence-electron chi connectivity index (χ2n) is 5.10. The van der Waals surface area contributed by atoms with Gasteiger partial charge in [0.05, 0.1) is 0 Å². The van der Waals surface area contributed by atoms with Crippen molar-refractivity contribution in [2.24, 2.45) is 11.8 Å². The highest BCUT2D eigenvalue weighted by Crippen LogP contribution is 2.52. The first kappa shape index (κ1) is 7.37. The van der Waals surface area contributed by atoms with Gasteiger partial charge in [0.1, 0.15) is 0 Å². The lowest BCUT2D eigenvalue weighted by molar-refractivity contribution is 0.151. The number of rotatable bonds is 0. The zero-order valence-electron chi connectivity index (χ0n) is 8.16. The van der Waals surface area contributed by atoms with Crippen molar-refractivity contribution in [2.45, 2.75) is 57.7 Å². The normalized spacial score (nSPS) is 62.5. The minimum Gasteiger partial charge on any atom is -0.294 e. The van der Waals surface area contributed by atoms with Gasteiger partial charge >= 0.3 is 0 Å². The predicted octanol–water partition coefficient (Wildman–Crippen LogP) is 2.27. The highest BCUT2D eigenvalue weighted by molar-refractivity contribution is 5.08. The monoisotopic (exact) mass is 165 g/mol. The van der Waals surface area contributed by atoms with E-state index in [1.807, 2.05) is 0 Å². The molecule has 0 radical (unpaired) electrons. The van der Waals surface area contributed by atoms with Crippen molar-refractivity contribution >= 4 is 0 Å². The van der Waals surface area contributed by atoms with Crippen LogP contribution in [0.1, 0.15) is 39.5 Å². The van der Waals surface area contributed by atoms with Gasteiger partial charge in [-0.05, 0) is 44.9 Å². The van der Waals surface area contributed by atoms with Gasteiger partial charge in [-0.2, -0.15) is 0 Å². The largest absolute Gasteiger partial charge is 0.294 e. The Kier molecular flexibility index (Phi) is 1.39. The van der Waals surface area contributed by atoms with Gasteiger partial charge in [0.15, 0.2) is 0 Å². The first-order valence-corrected chi connectivity index (χ1v) is 5.56. The molecule has 1 aliphatic carbocycles. The van der Waals surface area contributed by atoms with Gasteiger partial charge in [0.2, 0.25) is 0 Å². The molecule has 0 amide bonds. The molecule has 2 heterocycles. The maximum absolute atomic E-state index is 2.82. The summed E-state index contributed by atoms with van der Waals surface area (Å²) in [6, 6.07) is 2.80. The molecule has 1 heteroatoms. The molecular formula is C11H19N. The molecule has 0 aromatic carbocycles. The van der Waals surface area contributed by atoms with Crippen molar-refractivity contribution < 1.29 is 0 Å². The molecule has 2 bridgehead atoms. The summed E-state index contributed by atoms with van der Waals surface area (Å²) in [5.74, 6) is 2.16. The standard InChI is InChI=1S/C11H19N/c1-7-6-10-8(2)12(7)11-5-3-4-9(10)11/h7-11H,3-6H2,1-2H3. The first-order valence-electron chi connectivity index (χ1n) is 5.56. The van der Waals surface area contributed by atoms with Crippen LogP contribution in [0.15, 0.2) is 0 Å². The fourth-order valence-corrected chi connectivity index (χ4v) is 4.34. The fraction of sp³-hybridized carbons (Fsp3) is 1.00. The van der Waals surface area contributed by atoms with Crippen molar-refractivity contribution in [3.05, 3.63) is 0 Å². The first-order chi connectivity index (χ1) is 5.79. The van der Waals surface area contributed by atoms with E-state index in [2.05, 4.69) is 18.7 Å². The summed E-state index contributed by atoms with van der Waals surface area (Å²) in [6.45, 7) is 4.87. The summed E-state index contributed by atoms with van der Waals surface area (Å²) >= 11 is 0. The number of piperidine rings is 1. The van der Waals surface area contributed by atoms with E-state index in [-0.39, 0.29) is 0 Å². The minimum atomic E-state index is 0.893. The Hall–Kier alpha value is -0.0400. The number of hydrogen-bond donors (Lipinski definition) is 0. The highest BCUT2D eigenvalue weighted by atomic mass is 15.3. The molecule has 2 aliphatic heterocycles. The van der Waals surface area contributed by atoms with Crippen LogP contribution in [-0.4, -0.2) is 23.0 Å². The fourth-order valence-electron chi connectivity index (χ4n) is 4.34. The third kappa shape index (κ3) is 0.693. The molecule has 6 unspecified atom stereocenters. The van der Waals surface area contributed by atoms with Crippen LogP contribution >= 0.6 is 0 Å². The van der Waals surface area contributed by atoms with Crippen LogP contribution in [0.25, 0.3) is 0 Å². The Morgan fingerprint density at radius 2 is 1.92 bits per heavy atom. The SMILES string of the molecule is CC1CC2C3CCCC3N1C2C. The quantitative estimate of drug-likeness (QED) is 0.532. The maximum Gasteiger partial charge on any atom is 0.0132 e. The average molecular weight is 165 g/mol. The molecule has 2 saturated heterocycles. The highest BCUT2D eigenvalue weighted by Gasteiger charge is 2.54. The van der Waals surface area contributed by atoms with Crippen LogP contribution in [0.2, 0.25) is 0 Å². The Morgan fingerprint density at radius 1 is 1.08 bits per heavy atom. The summed E-state index contributed by atoms with van der Waals surface area (Å²) in [5.41, 5.74) is 0. The van der Waals surface area contributed by atoms with E-state index < -0.39 is 0 Å². The summed E-state index contributed by atoms with van der Waals surface area (Å²) in [5, 5.41) is 0. The van der Waals surface area contributed by atoms with Gasteiger partial charge in [-0.15, -0.1) is 0 Å². The molecule has 3 fully saturated rings. The molecule has 0 aromatic rings. The predicted molar refractivity (Wildman–Crippen MR) is 50.0 cm³/mol. The van der Waals surface area contributed by atoms with E-state index in [4.69, 9.17) is 0 Å². The summed E-state index contributed by atoms with van der Waals surface area (Å²) in [4.78, 5) is 2.82. The number of hydrogen-bond acceptors (Lipinski definition) is 1. The second kappa shape index (κ2) is 2.25. The lowest BCUT2D eigenvalue weighted by Gasteiger charge is -2.32. The smallest absolute Gasteiger partial charge is 0.0132 e. The number of fused-ring (bicyclic) bond motifs is 5. The van der Waals surface area contributed by atoms with Crippen LogP contribution in [0, 0.1) is 11.8 Å². The molecule has 6 atom stereocenters.